The third kappa shape index (κ3) is 2.15. The van der Waals surface area contributed by atoms with Gasteiger partial charge in [0.2, 0.25) is 6.79 Å². The van der Waals surface area contributed by atoms with E-state index in [0.717, 1.165) is 28.2 Å². The minimum atomic E-state index is 0.274. The van der Waals surface area contributed by atoms with Crippen LogP contribution >= 0.6 is 0 Å². The standard InChI is InChI=1S/C16H14O3/c1-2-3-13-8-11(4-6-14(13)17)12-5-7-15-16(9-12)19-10-18-15/h2,4-9,17H,1,3,10H2. The summed E-state index contributed by atoms with van der Waals surface area (Å²) in [6.45, 7) is 3.97. The van der Waals surface area contributed by atoms with Crippen molar-refractivity contribution in [2.24, 2.45) is 0 Å². The van der Waals surface area contributed by atoms with Gasteiger partial charge in [0.1, 0.15) is 5.75 Å². The van der Waals surface area contributed by atoms with E-state index in [-0.39, 0.29) is 6.79 Å². The predicted octanol–water partition coefficient (Wildman–Crippen LogP) is 3.52. The SMILES string of the molecule is C=CCc1cc(-c2ccc3c(c2)OCO3)ccc1O. The Hall–Kier alpha value is -2.42. The molecule has 1 N–H and O–H groups in total. The molecule has 0 spiro atoms. The Labute approximate surface area is 111 Å². The van der Waals surface area contributed by atoms with Crippen molar-refractivity contribution in [2.75, 3.05) is 6.79 Å². The molecule has 0 bridgehead atoms. The lowest BCUT2D eigenvalue weighted by Gasteiger charge is -2.07. The van der Waals surface area contributed by atoms with Crippen LogP contribution in [-0.4, -0.2) is 11.9 Å². The zero-order chi connectivity index (χ0) is 13.2. The van der Waals surface area contributed by atoms with Gasteiger partial charge in [0, 0.05) is 0 Å². The third-order valence-electron chi connectivity index (χ3n) is 3.15. The van der Waals surface area contributed by atoms with Crippen molar-refractivity contribution in [1.29, 1.82) is 0 Å². The number of ether oxygens (including phenoxy) is 2. The maximum absolute atomic E-state index is 9.78. The van der Waals surface area contributed by atoms with Crippen molar-refractivity contribution in [1.82, 2.24) is 0 Å². The van der Waals surface area contributed by atoms with Crippen LogP contribution in [0.25, 0.3) is 11.1 Å². The number of phenols is 1. The average molecular weight is 254 g/mol. The highest BCUT2D eigenvalue weighted by atomic mass is 16.7. The quantitative estimate of drug-likeness (QED) is 0.852. The predicted molar refractivity (Wildman–Crippen MR) is 73.6 cm³/mol. The van der Waals surface area contributed by atoms with Gasteiger partial charge in [-0.2, -0.15) is 0 Å². The number of rotatable bonds is 3. The second-order valence-electron chi connectivity index (χ2n) is 4.40. The summed E-state index contributed by atoms with van der Waals surface area (Å²) in [5, 5.41) is 9.78. The Morgan fingerprint density at radius 1 is 1.05 bits per heavy atom. The number of hydrogen-bond donors (Lipinski definition) is 1. The minimum absolute atomic E-state index is 0.274. The van der Waals surface area contributed by atoms with Crippen molar-refractivity contribution in [3.05, 3.63) is 54.6 Å². The molecule has 0 saturated heterocycles. The molecule has 1 aliphatic heterocycles. The van der Waals surface area contributed by atoms with Gasteiger partial charge in [0.25, 0.3) is 0 Å². The fourth-order valence-electron chi connectivity index (χ4n) is 2.16. The van der Waals surface area contributed by atoms with E-state index in [1.807, 2.05) is 30.3 Å². The molecule has 3 nitrogen and oxygen atoms in total. The molecule has 1 aliphatic rings. The molecule has 2 aromatic carbocycles. The van der Waals surface area contributed by atoms with Crippen molar-refractivity contribution in [2.45, 2.75) is 6.42 Å². The lowest BCUT2D eigenvalue weighted by Crippen LogP contribution is -1.92. The highest BCUT2D eigenvalue weighted by Crippen LogP contribution is 2.36. The van der Waals surface area contributed by atoms with E-state index in [1.54, 1.807) is 12.1 Å². The summed E-state index contributed by atoms with van der Waals surface area (Å²) in [5.74, 6) is 1.83. The first-order valence-electron chi connectivity index (χ1n) is 6.11. The first-order valence-corrected chi connectivity index (χ1v) is 6.11. The summed E-state index contributed by atoms with van der Waals surface area (Å²) >= 11 is 0. The fourth-order valence-corrected chi connectivity index (χ4v) is 2.16. The zero-order valence-electron chi connectivity index (χ0n) is 10.4. The molecule has 0 amide bonds. The summed E-state index contributed by atoms with van der Waals surface area (Å²) in [7, 11) is 0. The summed E-state index contributed by atoms with van der Waals surface area (Å²) in [6.07, 6.45) is 2.42. The molecule has 0 radical (unpaired) electrons. The maximum atomic E-state index is 9.78. The van der Waals surface area contributed by atoms with Gasteiger partial charge in [0.15, 0.2) is 11.5 Å². The summed E-state index contributed by atoms with van der Waals surface area (Å²) in [5.41, 5.74) is 2.94. The molecule has 0 aromatic heterocycles. The van der Waals surface area contributed by atoms with Crippen LogP contribution in [-0.2, 0) is 6.42 Å². The van der Waals surface area contributed by atoms with E-state index >= 15 is 0 Å². The molecular weight excluding hydrogens is 240 g/mol. The lowest BCUT2D eigenvalue weighted by atomic mass is 10.0. The van der Waals surface area contributed by atoms with Crippen LogP contribution in [0.2, 0.25) is 0 Å². The highest BCUT2D eigenvalue weighted by molar-refractivity contribution is 5.69. The zero-order valence-corrected chi connectivity index (χ0v) is 10.4. The van der Waals surface area contributed by atoms with E-state index < -0.39 is 0 Å². The smallest absolute Gasteiger partial charge is 0.231 e. The van der Waals surface area contributed by atoms with E-state index in [1.165, 1.54) is 0 Å². The van der Waals surface area contributed by atoms with Gasteiger partial charge in [-0.15, -0.1) is 6.58 Å². The molecule has 2 aromatic rings. The second kappa shape index (κ2) is 4.69. The van der Waals surface area contributed by atoms with Crippen molar-refractivity contribution < 1.29 is 14.6 Å². The van der Waals surface area contributed by atoms with Crippen molar-refractivity contribution in [3.8, 4) is 28.4 Å². The van der Waals surface area contributed by atoms with Crippen LogP contribution in [0.1, 0.15) is 5.56 Å². The Morgan fingerprint density at radius 3 is 2.63 bits per heavy atom. The fraction of sp³-hybridized carbons (Fsp3) is 0.125. The Kier molecular flexibility index (Phi) is 2.88. The highest BCUT2D eigenvalue weighted by Gasteiger charge is 2.14. The van der Waals surface area contributed by atoms with Gasteiger partial charge in [-0.25, -0.2) is 0 Å². The monoisotopic (exact) mass is 254 g/mol. The lowest BCUT2D eigenvalue weighted by molar-refractivity contribution is 0.174. The average Bonchev–Trinajstić information content (AvgIpc) is 2.89. The molecule has 0 saturated carbocycles. The van der Waals surface area contributed by atoms with Crippen LogP contribution in [0.15, 0.2) is 49.1 Å². The first kappa shape index (κ1) is 11.7. The van der Waals surface area contributed by atoms with Crippen LogP contribution < -0.4 is 9.47 Å². The summed E-state index contributed by atoms with van der Waals surface area (Å²) in [4.78, 5) is 0. The number of benzene rings is 2. The third-order valence-corrected chi connectivity index (χ3v) is 3.15. The van der Waals surface area contributed by atoms with Gasteiger partial charge in [-0.1, -0.05) is 18.2 Å². The first-order chi connectivity index (χ1) is 9.28. The maximum Gasteiger partial charge on any atom is 0.231 e. The number of aromatic hydroxyl groups is 1. The Bertz CT molecular complexity index is 632. The molecule has 3 heteroatoms. The molecule has 1 heterocycles. The molecule has 0 atom stereocenters. The molecule has 0 unspecified atom stereocenters. The molecular formula is C16H14O3. The van der Waals surface area contributed by atoms with Crippen LogP contribution in [0, 0.1) is 0 Å². The molecule has 0 fully saturated rings. The van der Waals surface area contributed by atoms with Crippen LogP contribution in [0.3, 0.4) is 0 Å². The number of hydrogen-bond acceptors (Lipinski definition) is 3. The van der Waals surface area contributed by atoms with Gasteiger partial charge in [-0.3, -0.25) is 0 Å². The van der Waals surface area contributed by atoms with Crippen molar-refractivity contribution >= 4 is 0 Å². The number of phenolic OH excluding ortho intramolecular Hbond substituents is 1. The number of fused-ring (bicyclic) bond motifs is 1. The van der Waals surface area contributed by atoms with E-state index in [4.69, 9.17) is 9.47 Å². The topological polar surface area (TPSA) is 38.7 Å². The van der Waals surface area contributed by atoms with E-state index in [2.05, 4.69) is 6.58 Å². The molecule has 96 valence electrons. The Balaban J connectivity index is 2.02. The van der Waals surface area contributed by atoms with E-state index in [0.29, 0.717) is 12.2 Å². The van der Waals surface area contributed by atoms with Crippen LogP contribution in [0.5, 0.6) is 17.2 Å². The summed E-state index contributed by atoms with van der Waals surface area (Å²) < 4.78 is 10.7. The van der Waals surface area contributed by atoms with Gasteiger partial charge < -0.3 is 14.6 Å². The van der Waals surface area contributed by atoms with E-state index in [9.17, 15) is 5.11 Å². The van der Waals surface area contributed by atoms with Crippen LogP contribution in [0.4, 0.5) is 0 Å². The van der Waals surface area contributed by atoms with Gasteiger partial charge in [0.05, 0.1) is 0 Å². The van der Waals surface area contributed by atoms with Crippen molar-refractivity contribution in [3.63, 3.8) is 0 Å². The molecule has 3 rings (SSSR count). The minimum Gasteiger partial charge on any atom is -0.508 e. The molecule has 19 heavy (non-hydrogen) atoms. The number of allylic oxidation sites excluding steroid dienone is 1. The molecule has 0 aliphatic carbocycles. The second-order valence-corrected chi connectivity index (χ2v) is 4.40. The largest absolute Gasteiger partial charge is 0.508 e. The summed E-state index contributed by atoms with van der Waals surface area (Å²) in [6, 6.07) is 11.4. The Morgan fingerprint density at radius 2 is 1.79 bits per heavy atom. The van der Waals surface area contributed by atoms with Gasteiger partial charge >= 0.3 is 0 Å². The normalized spacial score (nSPS) is 12.4. The van der Waals surface area contributed by atoms with Gasteiger partial charge in [-0.05, 0) is 47.4 Å².